The van der Waals surface area contributed by atoms with E-state index in [-0.39, 0.29) is 18.3 Å². The van der Waals surface area contributed by atoms with Gasteiger partial charge in [0.05, 0.1) is 6.42 Å². The number of nitrogens with one attached hydrogen (secondary N) is 1. The van der Waals surface area contributed by atoms with Crippen LogP contribution in [-0.2, 0) is 17.8 Å². The highest BCUT2D eigenvalue weighted by molar-refractivity contribution is 5.85. The van der Waals surface area contributed by atoms with Gasteiger partial charge >= 0.3 is 0 Å². The second-order valence-corrected chi connectivity index (χ2v) is 8.61. The summed E-state index contributed by atoms with van der Waals surface area (Å²) in [6, 6.07) is 16.9. The van der Waals surface area contributed by atoms with Crippen molar-refractivity contribution in [3.63, 3.8) is 0 Å². The topological polar surface area (TPSA) is 41.6 Å². The fraction of sp³-hybridized carbons (Fsp3) is 0.480. The first-order valence-corrected chi connectivity index (χ1v) is 10.9. The van der Waals surface area contributed by atoms with Crippen LogP contribution in [0.2, 0.25) is 0 Å². The van der Waals surface area contributed by atoms with Crippen LogP contribution in [0.15, 0.2) is 48.5 Å². The molecule has 4 nitrogen and oxygen atoms in total. The Kier molecular flexibility index (Phi) is 8.17. The molecular weight excluding hydrogens is 396 g/mol. The van der Waals surface area contributed by atoms with Gasteiger partial charge in [0.15, 0.2) is 0 Å². The molecule has 0 bridgehead atoms. The molecule has 0 unspecified atom stereocenters. The summed E-state index contributed by atoms with van der Waals surface area (Å²) in [6.07, 6.45) is 5.36. The van der Waals surface area contributed by atoms with Crippen LogP contribution in [0.1, 0.15) is 42.4 Å². The summed E-state index contributed by atoms with van der Waals surface area (Å²) in [7, 11) is 0. The Bertz CT molecular complexity index is 829. The van der Waals surface area contributed by atoms with Gasteiger partial charge in [0.25, 0.3) is 0 Å². The first-order chi connectivity index (χ1) is 14.2. The van der Waals surface area contributed by atoms with Gasteiger partial charge in [0.2, 0.25) is 5.91 Å². The number of amides is 1. The Morgan fingerprint density at radius 2 is 1.77 bits per heavy atom. The highest BCUT2D eigenvalue weighted by Crippen LogP contribution is 2.28. The van der Waals surface area contributed by atoms with Gasteiger partial charge in [-0.1, -0.05) is 42.0 Å². The molecule has 2 fully saturated rings. The Hall–Kier alpha value is -2.04. The van der Waals surface area contributed by atoms with E-state index in [1.807, 2.05) is 35.2 Å². The molecule has 2 aromatic carbocycles. The van der Waals surface area contributed by atoms with Gasteiger partial charge in [-0.25, -0.2) is 0 Å². The molecule has 0 atom stereocenters. The number of aryl methyl sites for hydroxylation is 1. The number of rotatable bonds is 8. The van der Waals surface area contributed by atoms with E-state index in [1.165, 1.54) is 18.4 Å². The number of hydrogen-bond donors (Lipinski definition) is 1. The summed E-state index contributed by atoms with van der Waals surface area (Å²) in [5.74, 6) is 1.95. The Morgan fingerprint density at radius 1 is 1.03 bits per heavy atom. The maximum Gasteiger partial charge on any atom is 0.226 e. The minimum Gasteiger partial charge on any atom is -0.489 e. The number of benzene rings is 2. The molecule has 1 heterocycles. The third-order valence-electron chi connectivity index (χ3n) is 5.98. The van der Waals surface area contributed by atoms with Crippen LogP contribution in [0.5, 0.6) is 5.75 Å². The van der Waals surface area contributed by atoms with E-state index in [4.69, 9.17) is 4.74 Å². The predicted octanol–water partition coefficient (Wildman–Crippen LogP) is 4.53. The standard InChI is InChI=1S/C25H32N2O2.ClH/c1-19-4-2-6-22(14-19)18-29-24-7-3-5-21(15-24)16-25(28)27-12-10-23(11-13-27)26-17-20-8-9-20;/h2-7,14-15,20,23,26H,8-13,16-18H2,1H3;1H. The van der Waals surface area contributed by atoms with Crippen molar-refractivity contribution in [2.75, 3.05) is 19.6 Å². The summed E-state index contributed by atoms with van der Waals surface area (Å²) < 4.78 is 5.95. The molecule has 5 heteroatoms. The van der Waals surface area contributed by atoms with E-state index in [0.717, 1.165) is 55.3 Å². The molecule has 162 valence electrons. The fourth-order valence-electron chi connectivity index (χ4n) is 3.99. The van der Waals surface area contributed by atoms with Crippen LogP contribution in [0, 0.1) is 12.8 Å². The smallest absolute Gasteiger partial charge is 0.226 e. The van der Waals surface area contributed by atoms with Crippen LogP contribution < -0.4 is 10.1 Å². The Morgan fingerprint density at radius 3 is 2.50 bits per heavy atom. The van der Waals surface area contributed by atoms with E-state index < -0.39 is 0 Å². The Labute approximate surface area is 186 Å². The summed E-state index contributed by atoms with van der Waals surface area (Å²) in [5, 5.41) is 3.68. The van der Waals surface area contributed by atoms with E-state index in [9.17, 15) is 4.79 Å². The average Bonchev–Trinajstić information content (AvgIpc) is 3.56. The molecule has 0 radical (unpaired) electrons. The van der Waals surface area contributed by atoms with Gasteiger partial charge in [0, 0.05) is 19.1 Å². The van der Waals surface area contributed by atoms with Gasteiger partial charge in [-0.15, -0.1) is 12.4 Å². The third kappa shape index (κ3) is 6.75. The molecule has 1 aliphatic carbocycles. The normalized spacial score (nSPS) is 16.8. The average molecular weight is 429 g/mol. The number of carbonyl (C=O) groups excluding carboxylic acids is 1. The molecule has 0 aromatic heterocycles. The molecule has 1 saturated carbocycles. The van der Waals surface area contributed by atoms with Crippen LogP contribution >= 0.6 is 12.4 Å². The molecule has 30 heavy (non-hydrogen) atoms. The number of nitrogens with zero attached hydrogens (tertiary/aromatic N) is 1. The SMILES string of the molecule is Cc1cccc(COc2cccc(CC(=O)N3CCC(NCC4CC4)CC3)c2)c1.Cl. The van der Waals surface area contributed by atoms with Gasteiger partial charge < -0.3 is 15.0 Å². The molecule has 2 aromatic rings. The van der Waals surface area contributed by atoms with Crippen molar-refractivity contribution >= 4 is 18.3 Å². The lowest BCUT2D eigenvalue weighted by Crippen LogP contribution is -2.45. The lowest BCUT2D eigenvalue weighted by molar-refractivity contribution is -0.131. The molecule has 2 aliphatic rings. The number of hydrogen-bond acceptors (Lipinski definition) is 3. The predicted molar refractivity (Wildman–Crippen MR) is 123 cm³/mol. The minimum absolute atomic E-state index is 0. The van der Waals surface area contributed by atoms with Crippen molar-refractivity contribution in [1.29, 1.82) is 0 Å². The quantitative estimate of drug-likeness (QED) is 0.671. The number of likely N-dealkylation sites (tertiary alicyclic amines) is 1. The lowest BCUT2D eigenvalue weighted by Gasteiger charge is -2.32. The molecule has 0 spiro atoms. The van der Waals surface area contributed by atoms with Crippen molar-refractivity contribution in [3.05, 3.63) is 65.2 Å². The number of piperidine rings is 1. The lowest BCUT2D eigenvalue weighted by atomic mass is 10.0. The molecule has 1 aliphatic heterocycles. The molecule has 1 saturated heterocycles. The molecule has 1 amide bonds. The number of ether oxygens (including phenoxy) is 1. The van der Waals surface area contributed by atoms with Crippen molar-refractivity contribution in [1.82, 2.24) is 10.2 Å². The number of carbonyl (C=O) groups is 1. The van der Waals surface area contributed by atoms with Crippen molar-refractivity contribution in [2.24, 2.45) is 5.92 Å². The summed E-state index contributed by atoms with van der Waals surface area (Å²) >= 11 is 0. The summed E-state index contributed by atoms with van der Waals surface area (Å²) in [5.41, 5.74) is 3.41. The largest absolute Gasteiger partial charge is 0.489 e. The van der Waals surface area contributed by atoms with Gasteiger partial charge in [-0.3, -0.25) is 4.79 Å². The number of halogens is 1. The van der Waals surface area contributed by atoms with E-state index in [2.05, 4.69) is 30.4 Å². The van der Waals surface area contributed by atoms with E-state index >= 15 is 0 Å². The van der Waals surface area contributed by atoms with Gasteiger partial charge in [0.1, 0.15) is 12.4 Å². The zero-order valence-electron chi connectivity index (χ0n) is 17.8. The molecular formula is C25H33ClN2O2. The van der Waals surface area contributed by atoms with Crippen molar-refractivity contribution in [3.8, 4) is 5.75 Å². The monoisotopic (exact) mass is 428 g/mol. The third-order valence-corrected chi connectivity index (χ3v) is 5.98. The van der Waals surface area contributed by atoms with E-state index in [1.54, 1.807) is 0 Å². The second-order valence-electron chi connectivity index (χ2n) is 8.61. The van der Waals surface area contributed by atoms with E-state index in [0.29, 0.717) is 19.1 Å². The van der Waals surface area contributed by atoms with Crippen LogP contribution in [0.25, 0.3) is 0 Å². The van der Waals surface area contributed by atoms with Crippen LogP contribution in [0.3, 0.4) is 0 Å². The first-order valence-electron chi connectivity index (χ1n) is 10.9. The van der Waals surface area contributed by atoms with Crippen LogP contribution in [-0.4, -0.2) is 36.5 Å². The summed E-state index contributed by atoms with van der Waals surface area (Å²) in [6.45, 7) is 5.52. The summed E-state index contributed by atoms with van der Waals surface area (Å²) in [4.78, 5) is 14.8. The highest BCUT2D eigenvalue weighted by atomic mass is 35.5. The van der Waals surface area contributed by atoms with Crippen molar-refractivity contribution < 1.29 is 9.53 Å². The maximum atomic E-state index is 12.7. The second kappa shape index (κ2) is 10.8. The minimum atomic E-state index is 0. The van der Waals surface area contributed by atoms with Gasteiger partial charge in [-0.2, -0.15) is 0 Å². The highest BCUT2D eigenvalue weighted by Gasteiger charge is 2.25. The zero-order chi connectivity index (χ0) is 20.1. The fourth-order valence-corrected chi connectivity index (χ4v) is 3.99. The molecule has 4 rings (SSSR count). The van der Waals surface area contributed by atoms with Gasteiger partial charge in [-0.05, 0) is 68.3 Å². The first kappa shape index (κ1) is 22.6. The Balaban J connectivity index is 0.00000256. The van der Waals surface area contributed by atoms with Crippen molar-refractivity contribution in [2.45, 2.75) is 51.7 Å². The van der Waals surface area contributed by atoms with Crippen LogP contribution in [0.4, 0.5) is 0 Å². The zero-order valence-corrected chi connectivity index (χ0v) is 18.6. The molecule has 1 N–H and O–H groups in total. The maximum absolute atomic E-state index is 12.7.